The standard InChI is InChI=1S/C5H10O2S/c6-1-4-2-8-3-5(4)7/h4-7H,1-3H2/t4-,5-/m0/s1. The minimum absolute atomic E-state index is 0.133. The van der Waals surface area contributed by atoms with Crippen molar-refractivity contribution in [3.63, 3.8) is 0 Å². The van der Waals surface area contributed by atoms with E-state index in [2.05, 4.69) is 0 Å². The third-order valence-electron chi connectivity index (χ3n) is 1.40. The summed E-state index contributed by atoms with van der Waals surface area (Å²) in [5, 5.41) is 17.6. The molecule has 1 heterocycles. The van der Waals surface area contributed by atoms with E-state index in [1.54, 1.807) is 11.8 Å². The monoisotopic (exact) mass is 134 g/mol. The topological polar surface area (TPSA) is 40.5 Å². The third kappa shape index (κ3) is 1.16. The molecule has 0 saturated carbocycles. The van der Waals surface area contributed by atoms with Gasteiger partial charge in [-0.2, -0.15) is 11.8 Å². The fraction of sp³-hybridized carbons (Fsp3) is 1.00. The molecule has 0 unspecified atom stereocenters. The largest absolute Gasteiger partial charge is 0.396 e. The lowest BCUT2D eigenvalue weighted by molar-refractivity contribution is 0.104. The molecule has 1 aliphatic heterocycles. The van der Waals surface area contributed by atoms with Crippen molar-refractivity contribution in [2.45, 2.75) is 6.10 Å². The van der Waals surface area contributed by atoms with Gasteiger partial charge in [-0.05, 0) is 0 Å². The number of aliphatic hydroxyl groups is 2. The molecule has 0 aliphatic carbocycles. The smallest absolute Gasteiger partial charge is 0.0688 e. The highest BCUT2D eigenvalue weighted by molar-refractivity contribution is 7.99. The maximum absolute atomic E-state index is 9.01. The van der Waals surface area contributed by atoms with Crippen LogP contribution in [0.4, 0.5) is 0 Å². The Morgan fingerprint density at radius 2 is 2.25 bits per heavy atom. The summed E-state index contributed by atoms with van der Waals surface area (Å²) in [5.41, 5.74) is 0. The molecule has 1 saturated heterocycles. The first-order valence-corrected chi connectivity index (χ1v) is 3.86. The number of hydrogen-bond donors (Lipinski definition) is 2. The third-order valence-corrected chi connectivity index (χ3v) is 2.64. The van der Waals surface area contributed by atoms with E-state index in [9.17, 15) is 0 Å². The lowest BCUT2D eigenvalue weighted by Crippen LogP contribution is -2.20. The van der Waals surface area contributed by atoms with Gasteiger partial charge in [0.25, 0.3) is 0 Å². The van der Waals surface area contributed by atoms with Gasteiger partial charge in [-0.3, -0.25) is 0 Å². The van der Waals surface area contributed by atoms with Crippen molar-refractivity contribution in [2.75, 3.05) is 18.1 Å². The molecule has 0 amide bonds. The molecule has 0 aromatic rings. The van der Waals surface area contributed by atoms with Gasteiger partial charge in [0.2, 0.25) is 0 Å². The predicted octanol–water partition coefficient (Wildman–Crippen LogP) is -0.297. The molecule has 2 N–H and O–H groups in total. The van der Waals surface area contributed by atoms with Gasteiger partial charge in [0.15, 0.2) is 0 Å². The average Bonchev–Trinajstić information content (AvgIpc) is 2.14. The Bertz CT molecular complexity index is 76.8. The summed E-state index contributed by atoms with van der Waals surface area (Å²) in [6.45, 7) is 0.133. The van der Waals surface area contributed by atoms with Crippen molar-refractivity contribution in [2.24, 2.45) is 5.92 Å². The van der Waals surface area contributed by atoms with Crippen LogP contribution in [0.25, 0.3) is 0 Å². The molecule has 48 valence electrons. The summed E-state index contributed by atoms with van der Waals surface area (Å²) in [4.78, 5) is 0. The van der Waals surface area contributed by atoms with E-state index in [1.165, 1.54) is 0 Å². The summed E-state index contributed by atoms with van der Waals surface area (Å²) in [6.07, 6.45) is -0.259. The number of rotatable bonds is 1. The van der Waals surface area contributed by atoms with Gasteiger partial charge in [0.1, 0.15) is 0 Å². The summed E-state index contributed by atoms with van der Waals surface area (Å²) in [6, 6.07) is 0. The van der Waals surface area contributed by atoms with Crippen molar-refractivity contribution in [1.29, 1.82) is 0 Å². The van der Waals surface area contributed by atoms with Crippen LogP contribution in [0.2, 0.25) is 0 Å². The molecule has 8 heavy (non-hydrogen) atoms. The molecule has 0 aromatic carbocycles. The molecule has 2 nitrogen and oxygen atoms in total. The molecule has 0 bridgehead atoms. The summed E-state index contributed by atoms with van der Waals surface area (Å²) < 4.78 is 0. The van der Waals surface area contributed by atoms with Crippen LogP contribution in [0.15, 0.2) is 0 Å². The average molecular weight is 134 g/mol. The normalized spacial score (nSPS) is 38.2. The molecule has 1 aliphatic rings. The summed E-state index contributed by atoms with van der Waals surface area (Å²) in [5.74, 6) is 1.85. The quantitative estimate of drug-likeness (QED) is 0.517. The number of aliphatic hydroxyl groups excluding tert-OH is 2. The highest BCUT2D eigenvalue weighted by Crippen LogP contribution is 2.22. The zero-order valence-electron chi connectivity index (χ0n) is 4.58. The van der Waals surface area contributed by atoms with Crippen molar-refractivity contribution < 1.29 is 10.2 Å². The maximum Gasteiger partial charge on any atom is 0.0688 e. The second-order valence-corrected chi connectivity index (χ2v) is 3.12. The van der Waals surface area contributed by atoms with Gasteiger partial charge >= 0.3 is 0 Å². The molecule has 1 fully saturated rings. The molecule has 2 atom stereocenters. The SMILES string of the molecule is OC[C@H]1CSC[C@@H]1O. The highest BCUT2D eigenvalue weighted by Gasteiger charge is 2.24. The maximum atomic E-state index is 9.01. The molecule has 0 radical (unpaired) electrons. The van der Waals surface area contributed by atoms with Gasteiger partial charge in [0, 0.05) is 24.0 Å². The Hall–Kier alpha value is 0.270. The van der Waals surface area contributed by atoms with Crippen LogP contribution in [0.5, 0.6) is 0 Å². The van der Waals surface area contributed by atoms with Crippen LogP contribution in [-0.4, -0.2) is 34.4 Å². The second-order valence-electron chi connectivity index (χ2n) is 2.05. The zero-order chi connectivity index (χ0) is 5.98. The Kier molecular flexibility index (Phi) is 2.16. The summed E-state index contributed by atoms with van der Waals surface area (Å²) in [7, 11) is 0. The van der Waals surface area contributed by atoms with E-state index in [0.29, 0.717) is 0 Å². The van der Waals surface area contributed by atoms with E-state index in [-0.39, 0.29) is 18.6 Å². The van der Waals surface area contributed by atoms with Crippen LogP contribution in [0.3, 0.4) is 0 Å². The predicted molar refractivity (Wildman–Crippen MR) is 33.9 cm³/mol. The molecular formula is C5H10O2S. The Labute approximate surface area is 52.9 Å². The van der Waals surface area contributed by atoms with E-state index in [0.717, 1.165) is 11.5 Å². The molecule has 0 aromatic heterocycles. The van der Waals surface area contributed by atoms with E-state index in [1.807, 2.05) is 0 Å². The van der Waals surface area contributed by atoms with E-state index in [4.69, 9.17) is 10.2 Å². The summed E-state index contributed by atoms with van der Waals surface area (Å²) >= 11 is 1.70. The van der Waals surface area contributed by atoms with Crippen molar-refractivity contribution in [3.8, 4) is 0 Å². The van der Waals surface area contributed by atoms with Crippen LogP contribution in [0, 0.1) is 5.92 Å². The molecule has 3 heteroatoms. The minimum atomic E-state index is -0.259. The van der Waals surface area contributed by atoms with Crippen molar-refractivity contribution in [1.82, 2.24) is 0 Å². The van der Waals surface area contributed by atoms with Crippen LogP contribution in [0.1, 0.15) is 0 Å². The van der Waals surface area contributed by atoms with Crippen molar-refractivity contribution in [3.05, 3.63) is 0 Å². The van der Waals surface area contributed by atoms with E-state index >= 15 is 0 Å². The van der Waals surface area contributed by atoms with Crippen LogP contribution < -0.4 is 0 Å². The zero-order valence-corrected chi connectivity index (χ0v) is 5.40. The molecular weight excluding hydrogens is 124 g/mol. The van der Waals surface area contributed by atoms with Gasteiger partial charge in [-0.25, -0.2) is 0 Å². The lowest BCUT2D eigenvalue weighted by Gasteiger charge is -2.07. The van der Waals surface area contributed by atoms with Crippen molar-refractivity contribution >= 4 is 11.8 Å². The lowest BCUT2D eigenvalue weighted by atomic mass is 10.1. The van der Waals surface area contributed by atoms with Gasteiger partial charge < -0.3 is 10.2 Å². The highest BCUT2D eigenvalue weighted by atomic mass is 32.2. The van der Waals surface area contributed by atoms with Crippen LogP contribution in [-0.2, 0) is 0 Å². The molecule has 0 spiro atoms. The first-order chi connectivity index (χ1) is 3.84. The Balaban J connectivity index is 2.30. The van der Waals surface area contributed by atoms with Gasteiger partial charge in [-0.15, -0.1) is 0 Å². The van der Waals surface area contributed by atoms with Crippen LogP contribution >= 0.6 is 11.8 Å². The Morgan fingerprint density at radius 3 is 2.50 bits per heavy atom. The van der Waals surface area contributed by atoms with Gasteiger partial charge in [0.05, 0.1) is 6.10 Å². The molecule has 1 rings (SSSR count). The van der Waals surface area contributed by atoms with Gasteiger partial charge in [-0.1, -0.05) is 0 Å². The second kappa shape index (κ2) is 2.71. The Morgan fingerprint density at radius 1 is 1.50 bits per heavy atom. The number of thioether (sulfide) groups is 1. The first kappa shape index (κ1) is 6.39. The first-order valence-electron chi connectivity index (χ1n) is 2.71. The number of hydrogen-bond acceptors (Lipinski definition) is 3. The fourth-order valence-corrected chi connectivity index (χ4v) is 2.04. The van der Waals surface area contributed by atoms with E-state index < -0.39 is 0 Å². The fourth-order valence-electron chi connectivity index (χ4n) is 0.762. The minimum Gasteiger partial charge on any atom is -0.396 e.